The predicted molar refractivity (Wildman–Crippen MR) is 70.4 cm³/mol. The van der Waals surface area contributed by atoms with Crippen LogP contribution in [-0.2, 0) is 4.79 Å². The number of hydrogen-bond acceptors (Lipinski definition) is 4. The number of nitrogens with zero attached hydrogens (tertiary/aromatic N) is 2. The first-order chi connectivity index (χ1) is 9.18. The predicted octanol–water partition coefficient (Wildman–Crippen LogP) is -0.239. The summed E-state index contributed by atoms with van der Waals surface area (Å²) < 4.78 is 0. The van der Waals surface area contributed by atoms with Crippen LogP contribution < -0.4 is 11.1 Å². The molecular weight excluding hydrogens is 244 g/mol. The molecule has 0 bridgehead atoms. The number of hydrogen-bond donors (Lipinski definition) is 2. The van der Waals surface area contributed by atoms with Crippen molar-refractivity contribution in [3.63, 3.8) is 0 Å². The molecule has 2 heterocycles. The average Bonchev–Trinajstić information content (AvgIpc) is 2.46. The molecule has 1 saturated heterocycles. The molecule has 6 heteroatoms. The van der Waals surface area contributed by atoms with E-state index in [0.717, 1.165) is 25.9 Å². The first-order valence-electron chi connectivity index (χ1n) is 6.38. The molecule has 0 saturated carbocycles. The molecule has 1 aromatic heterocycles. The Morgan fingerprint density at radius 2 is 1.95 bits per heavy atom. The molecule has 0 radical (unpaired) electrons. The lowest BCUT2D eigenvalue weighted by molar-refractivity contribution is -0.119. The highest BCUT2D eigenvalue weighted by molar-refractivity contribution is 5.96. The van der Waals surface area contributed by atoms with E-state index in [4.69, 9.17) is 5.73 Å². The number of rotatable bonds is 4. The molecule has 19 heavy (non-hydrogen) atoms. The number of carbonyl (C=O) groups excluding carboxylic acids is 2. The normalized spacial score (nSPS) is 16.0. The Morgan fingerprint density at radius 1 is 1.32 bits per heavy atom. The molecule has 0 unspecified atom stereocenters. The lowest BCUT2D eigenvalue weighted by Gasteiger charge is -2.33. The Labute approximate surface area is 112 Å². The van der Waals surface area contributed by atoms with E-state index in [1.807, 2.05) is 0 Å². The smallest absolute Gasteiger partial charge is 0.254 e. The molecule has 0 aromatic carbocycles. The van der Waals surface area contributed by atoms with Crippen molar-refractivity contribution in [3.8, 4) is 0 Å². The fourth-order valence-corrected chi connectivity index (χ4v) is 2.31. The molecule has 3 N–H and O–H groups in total. The van der Waals surface area contributed by atoms with Crippen LogP contribution in [0.3, 0.4) is 0 Å². The van der Waals surface area contributed by atoms with Gasteiger partial charge in [-0.1, -0.05) is 0 Å². The van der Waals surface area contributed by atoms with E-state index < -0.39 is 5.91 Å². The van der Waals surface area contributed by atoms with Gasteiger partial charge in [0.1, 0.15) is 0 Å². The van der Waals surface area contributed by atoms with Crippen molar-refractivity contribution in [2.24, 2.45) is 5.73 Å². The second kappa shape index (κ2) is 6.29. The summed E-state index contributed by atoms with van der Waals surface area (Å²) >= 11 is 0. The maximum atomic E-state index is 12.4. The maximum absolute atomic E-state index is 12.4. The summed E-state index contributed by atoms with van der Waals surface area (Å²) in [6, 6.07) is 3.36. The third kappa shape index (κ3) is 3.51. The standard InChI is InChI=1S/C13H18N4O2/c14-12(18)9-17(11-3-7-16-8-4-11)13(19)10-1-5-15-6-2-10/h1-2,5-6,11,16H,3-4,7-9H2,(H2,14,18). The van der Waals surface area contributed by atoms with Gasteiger partial charge in [-0.25, -0.2) is 0 Å². The van der Waals surface area contributed by atoms with Crippen LogP contribution in [0.2, 0.25) is 0 Å². The quantitative estimate of drug-likeness (QED) is 0.784. The Hall–Kier alpha value is -1.95. The van der Waals surface area contributed by atoms with Gasteiger partial charge in [-0.3, -0.25) is 14.6 Å². The molecule has 1 aliphatic heterocycles. The van der Waals surface area contributed by atoms with E-state index in [9.17, 15) is 9.59 Å². The van der Waals surface area contributed by atoms with Gasteiger partial charge in [-0.2, -0.15) is 0 Å². The molecule has 6 nitrogen and oxygen atoms in total. The summed E-state index contributed by atoms with van der Waals surface area (Å²) in [6.07, 6.45) is 4.81. The lowest BCUT2D eigenvalue weighted by Crippen LogP contribution is -2.49. The van der Waals surface area contributed by atoms with Crippen LogP contribution in [0.25, 0.3) is 0 Å². The number of pyridine rings is 1. The van der Waals surface area contributed by atoms with Crippen LogP contribution in [0.1, 0.15) is 23.2 Å². The second-order valence-corrected chi connectivity index (χ2v) is 4.62. The van der Waals surface area contributed by atoms with Crippen molar-refractivity contribution >= 4 is 11.8 Å². The number of nitrogens with two attached hydrogens (primary N) is 1. The second-order valence-electron chi connectivity index (χ2n) is 4.62. The van der Waals surface area contributed by atoms with Crippen molar-refractivity contribution < 1.29 is 9.59 Å². The number of aromatic nitrogens is 1. The number of piperidine rings is 1. The fraction of sp³-hybridized carbons (Fsp3) is 0.462. The van der Waals surface area contributed by atoms with Crippen LogP contribution in [-0.4, -0.2) is 47.4 Å². The van der Waals surface area contributed by atoms with Crippen LogP contribution >= 0.6 is 0 Å². The van der Waals surface area contributed by atoms with E-state index >= 15 is 0 Å². The average molecular weight is 262 g/mol. The minimum absolute atomic E-state index is 0.0359. The highest BCUT2D eigenvalue weighted by Gasteiger charge is 2.27. The largest absolute Gasteiger partial charge is 0.368 e. The van der Waals surface area contributed by atoms with Gasteiger partial charge in [0.2, 0.25) is 5.91 Å². The van der Waals surface area contributed by atoms with Crippen molar-refractivity contribution in [2.75, 3.05) is 19.6 Å². The molecule has 1 aromatic rings. The van der Waals surface area contributed by atoms with Crippen molar-refractivity contribution in [2.45, 2.75) is 18.9 Å². The van der Waals surface area contributed by atoms with Gasteiger partial charge in [0.25, 0.3) is 5.91 Å². The number of amides is 2. The summed E-state index contributed by atoms with van der Waals surface area (Å²) in [5.41, 5.74) is 5.79. The molecule has 0 aliphatic carbocycles. The third-order valence-electron chi connectivity index (χ3n) is 3.26. The molecule has 1 aliphatic rings. The molecule has 2 rings (SSSR count). The Kier molecular flexibility index (Phi) is 4.46. The Balaban J connectivity index is 2.16. The molecule has 2 amide bonds. The number of primary amides is 1. The van der Waals surface area contributed by atoms with Crippen LogP contribution in [0.15, 0.2) is 24.5 Å². The monoisotopic (exact) mass is 262 g/mol. The molecule has 102 valence electrons. The van der Waals surface area contributed by atoms with Gasteiger partial charge in [0, 0.05) is 24.0 Å². The van der Waals surface area contributed by atoms with Gasteiger partial charge in [-0.05, 0) is 38.1 Å². The van der Waals surface area contributed by atoms with Crippen LogP contribution in [0.5, 0.6) is 0 Å². The zero-order chi connectivity index (χ0) is 13.7. The van der Waals surface area contributed by atoms with Gasteiger partial charge < -0.3 is 16.0 Å². The minimum Gasteiger partial charge on any atom is -0.368 e. The summed E-state index contributed by atoms with van der Waals surface area (Å²) in [6.45, 7) is 1.67. The van der Waals surface area contributed by atoms with Crippen molar-refractivity contribution in [3.05, 3.63) is 30.1 Å². The molecule has 0 atom stereocenters. The van der Waals surface area contributed by atoms with E-state index in [2.05, 4.69) is 10.3 Å². The molecule has 1 fully saturated rings. The summed E-state index contributed by atoms with van der Waals surface area (Å²) in [5, 5.41) is 3.24. The summed E-state index contributed by atoms with van der Waals surface area (Å²) in [7, 11) is 0. The Bertz CT molecular complexity index is 443. The fourth-order valence-electron chi connectivity index (χ4n) is 2.31. The first kappa shape index (κ1) is 13.5. The van der Waals surface area contributed by atoms with Crippen molar-refractivity contribution in [1.29, 1.82) is 0 Å². The number of nitrogens with one attached hydrogen (secondary N) is 1. The van der Waals surface area contributed by atoms with E-state index in [-0.39, 0.29) is 18.5 Å². The number of carbonyl (C=O) groups is 2. The Morgan fingerprint density at radius 3 is 2.53 bits per heavy atom. The third-order valence-corrected chi connectivity index (χ3v) is 3.26. The van der Waals surface area contributed by atoms with Gasteiger partial charge in [-0.15, -0.1) is 0 Å². The molecular formula is C13H18N4O2. The zero-order valence-electron chi connectivity index (χ0n) is 10.7. The van der Waals surface area contributed by atoms with Crippen LogP contribution in [0.4, 0.5) is 0 Å². The SMILES string of the molecule is NC(=O)CN(C(=O)c1ccncc1)C1CCNCC1. The highest BCUT2D eigenvalue weighted by Crippen LogP contribution is 2.15. The van der Waals surface area contributed by atoms with E-state index in [0.29, 0.717) is 5.56 Å². The van der Waals surface area contributed by atoms with Gasteiger partial charge in [0.05, 0.1) is 6.54 Å². The maximum Gasteiger partial charge on any atom is 0.254 e. The summed E-state index contributed by atoms with van der Waals surface area (Å²) in [5.74, 6) is -0.644. The van der Waals surface area contributed by atoms with E-state index in [1.54, 1.807) is 29.4 Å². The van der Waals surface area contributed by atoms with E-state index in [1.165, 1.54) is 0 Å². The van der Waals surface area contributed by atoms with Gasteiger partial charge >= 0.3 is 0 Å². The summed E-state index contributed by atoms with van der Waals surface area (Å²) in [4.78, 5) is 29.1. The van der Waals surface area contributed by atoms with Gasteiger partial charge in [0.15, 0.2) is 0 Å². The minimum atomic E-state index is -0.485. The topological polar surface area (TPSA) is 88.3 Å². The first-order valence-corrected chi connectivity index (χ1v) is 6.38. The van der Waals surface area contributed by atoms with Crippen LogP contribution in [0, 0.1) is 0 Å². The lowest BCUT2D eigenvalue weighted by atomic mass is 10.0. The molecule has 0 spiro atoms. The van der Waals surface area contributed by atoms with Crippen molar-refractivity contribution in [1.82, 2.24) is 15.2 Å². The highest BCUT2D eigenvalue weighted by atomic mass is 16.2. The zero-order valence-corrected chi connectivity index (χ0v) is 10.7.